The van der Waals surface area contributed by atoms with Crippen molar-refractivity contribution in [2.45, 2.75) is 71.8 Å². The van der Waals surface area contributed by atoms with Gasteiger partial charge in [0.2, 0.25) is 0 Å². The van der Waals surface area contributed by atoms with Crippen LogP contribution in [-0.2, 0) is 0 Å². The summed E-state index contributed by atoms with van der Waals surface area (Å²) in [6, 6.07) is 0. The van der Waals surface area contributed by atoms with Crippen molar-refractivity contribution in [3.8, 4) is 0 Å². The molecule has 0 bridgehead atoms. The first-order valence-corrected chi connectivity index (χ1v) is 8.94. The summed E-state index contributed by atoms with van der Waals surface area (Å²) in [7, 11) is 0. The van der Waals surface area contributed by atoms with Gasteiger partial charge < -0.3 is 10.2 Å². The topological polar surface area (TPSA) is 40.5 Å². The van der Waals surface area contributed by atoms with Gasteiger partial charge in [-0.2, -0.15) is 0 Å². The van der Waals surface area contributed by atoms with E-state index in [0.29, 0.717) is 29.9 Å². The molecule has 2 fully saturated rings. The largest absolute Gasteiger partial charge is 0.512 e. The molecule has 5 atom stereocenters. The van der Waals surface area contributed by atoms with Gasteiger partial charge in [-0.1, -0.05) is 13.8 Å². The van der Waals surface area contributed by atoms with Gasteiger partial charge in [-0.05, 0) is 79.9 Å². The molecule has 0 aromatic heterocycles. The fraction of sp³-hybridized carbons (Fsp3) is 0.750. The van der Waals surface area contributed by atoms with Gasteiger partial charge >= 0.3 is 0 Å². The van der Waals surface area contributed by atoms with Crippen molar-refractivity contribution >= 4 is 0 Å². The second-order valence-electron chi connectivity index (χ2n) is 8.06. The van der Waals surface area contributed by atoms with Gasteiger partial charge in [0.1, 0.15) is 0 Å². The molecule has 0 radical (unpaired) electrons. The molecule has 0 aromatic rings. The Morgan fingerprint density at radius 1 is 1.32 bits per heavy atom. The Hall–Kier alpha value is -0.980. The van der Waals surface area contributed by atoms with E-state index < -0.39 is 6.10 Å². The van der Waals surface area contributed by atoms with Crippen LogP contribution in [0.5, 0.6) is 0 Å². The Labute approximate surface area is 134 Å². The molecule has 2 N–H and O–H groups in total. The minimum atomic E-state index is -0.417. The van der Waals surface area contributed by atoms with E-state index in [1.807, 2.05) is 6.92 Å². The van der Waals surface area contributed by atoms with Crippen LogP contribution in [-0.4, -0.2) is 16.3 Å². The smallest absolute Gasteiger partial charge is 0.0943 e. The lowest BCUT2D eigenvalue weighted by Gasteiger charge is -2.40. The summed E-state index contributed by atoms with van der Waals surface area (Å²) in [6.07, 6.45) is 9.28. The molecule has 2 heteroatoms. The molecule has 3 aliphatic rings. The van der Waals surface area contributed by atoms with Crippen LogP contribution in [0.25, 0.3) is 0 Å². The summed E-state index contributed by atoms with van der Waals surface area (Å²) >= 11 is 0. The Morgan fingerprint density at radius 3 is 2.86 bits per heavy atom. The van der Waals surface area contributed by atoms with E-state index in [1.54, 1.807) is 0 Å². The van der Waals surface area contributed by atoms with E-state index in [0.717, 1.165) is 11.5 Å². The molecule has 2 saturated carbocycles. The van der Waals surface area contributed by atoms with Crippen molar-refractivity contribution in [3.63, 3.8) is 0 Å². The fourth-order valence-corrected chi connectivity index (χ4v) is 4.97. The maximum Gasteiger partial charge on any atom is 0.0943 e. The van der Waals surface area contributed by atoms with Crippen molar-refractivity contribution in [3.05, 3.63) is 28.7 Å². The predicted molar refractivity (Wildman–Crippen MR) is 89.5 cm³/mol. The van der Waals surface area contributed by atoms with Crippen LogP contribution in [0.15, 0.2) is 28.7 Å². The van der Waals surface area contributed by atoms with Crippen LogP contribution >= 0.6 is 0 Å². The highest BCUT2D eigenvalue weighted by molar-refractivity contribution is 5.22. The van der Waals surface area contributed by atoms with Gasteiger partial charge in [-0.25, -0.2) is 0 Å². The van der Waals surface area contributed by atoms with Crippen molar-refractivity contribution in [2.75, 3.05) is 0 Å². The van der Waals surface area contributed by atoms with Crippen LogP contribution in [0.4, 0.5) is 0 Å². The molecular formula is C20H30O2. The minimum Gasteiger partial charge on any atom is -0.512 e. The number of aliphatic hydroxyl groups excluding tert-OH is 2. The molecule has 122 valence electrons. The van der Waals surface area contributed by atoms with Crippen molar-refractivity contribution in [1.82, 2.24) is 0 Å². The molecule has 0 aromatic carbocycles. The third kappa shape index (κ3) is 2.68. The van der Waals surface area contributed by atoms with E-state index in [-0.39, 0.29) is 5.92 Å². The van der Waals surface area contributed by atoms with E-state index in [1.165, 1.54) is 37.7 Å². The van der Waals surface area contributed by atoms with Crippen LogP contribution in [0.2, 0.25) is 0 Å². The lowest BCUT2D eigenvalue weighted by Crippen LogP contribution is -2.31. The van der Waals surface area contributed by atoms with E-state index in [2.05, 4.69) is 25.7 Å². The third-order valence-electron chi connectivity index (χ3n) is 6.83. The lowest BCUT2D eigenvalue weighted by atomic mass is 9.64. The molecule has 5 unspecified atom stereocenters. The average Bonchev–Trinajstić information content (AvgIpc) is 2.77. The van der Waals surface area contributed by atoms with Gasteiger partial charge in [-0.3, -0.25) is 0 Å². The van der Waals surface area contributed by atoms with Crippen molar-refractivity contribution in [2.24, 2.45) is 23.2 Å². The van der Waals surface area contributed by atoms with E-state index in [9.17, 15) is 10.2 Å². The fourth-order valence-electron chi connectivity index (χ4n) is 4.97. The first-order valence-electron chi connectivity index (χ1n) is 8.94. The Morgan fingerprint density at radius 2 is 2.09 bits per heavy atom. The Kier molecular flexibility index (Phi) is 4.27. The standard InChI is InChI=1S/C20H30O2/c1-13-6-9-18-15(5-4-10-20(13,18)3)7-8-16-11-17(21)12-19(22)14(16)2/h8,13,16-18,21-22H,4-6,9-12H2,1-3H3. The quantitative estimate of drug-likeness (QED) is 0.676. The highest BCUT2D eigenvalue weighted by atomic mass is 16.3. The molecule has 0 saturated heterocycles. The van der Waals surface area contributed by atoms with E-state index in [4.69, 9.17) is 0 Å². The maximum atomic E-state index is 9.95. The van der Waals surface area contributed by atoms with E-state index >= 15 is 0 Å². The van der Waals surface area contributed by atoms with Gasteiger partial charge in [0.05, 0.1) is 11.9 Å². The number of allylic oxidation sites excluding steroid dienone is 2. The van der Waals surface area contributed by atoms with Crippen molar-refractivity contribution < 1.29 is 10.2 Å². The first-order chi connectivity index (χ1) is 10.4. The lowest BCUT2D eigenvalue weighted by molar-refractivity contribution is 0.126. The van der Waals surface area contributed by atoms with Gasteiger partial charge in [0.15, 0.2) is 0 Å². The molecule has 0 amide bonds. The van der Waals surface area contributed by atoms with Gasteiger partial charge in [-0.15, -0.1) is 5.73 Å². The molecule has 0 heterocycles. The summed E-state index contributed by atoms with van der Waals surface area (Å²) in [5.41, 5.74) is 6.58. The summed E-state index contributed by atoms with van der Waals surface area (Å²) in [4.78, 5) is 0. The third-order valence-corrected chi connectivity index (χ3v) is 6.83. The van der Waals surface area contributed by atoms with Crippen LogP contribution in [0.1, 0.15) is 65.7 Å². The zero-order chi connectivity index (χ0) is 15.9. The number of hydrogen-bond acceptors (Lipinski definition) is 2. The maximum absolute atomic E-state index is 9.95. The highest BCUT2D eigenvalue weighted by Crippen LogP contribution is 2.56. The average molecular weight is 302 g/mol. The number of hydrogen-bond donors (Lipinski definition) is 2. The normalized spacial score (nSPS) is 42.1. The molecule has 2 nitrogen and oxygen atoms in total. The second kappa shape index (κ2) is 5.91. The van der Waals surface area contributed by atoms with Crippen LogP contribution in [0, 0.1) is 23.2 Å². The molecule has 3 rings (SSSR count). The summed E-state index contributed by atoms with van der Waals surface area (Å²) < 4.78 is 0. The zero-order valence-electron chi connectivity index (χ0n) is 14.2. The zero-order valence-corrected chi connectivity index (χ0v) is 14.2. The SMILES string of the molecule is CC1=C(O)CC(O)CC1C=C=C1CCCC2(C)C(C)CCC12. The number of aliphatic hydroxyl groups is 2. The van der Waals surface area contributed by atoms with Crippen molar-refractivity contribution in [1.29, 1.82) is 0 Å². The monoisotopic (exact) mass is 302 g/mol. The Balaban J connectivity index is 1.87. The minimum absolute atomic E-state index is 0.142. The van der Waals surface area contributed by atoms with Gasteiger partial charge in [0.25, 0.3) is 0 Å². The summed E-state index contributed by atoms with van der Waals surface area (Å²) in [6.45, 7) is 6.87. The molecule has 3 aliphatic carbocycles. The first kappa shape index (κ1) is 15.9. The highest BCUT2D eigenvalue weighted by Gasteiger charge is 2.47. The number of rotatable bonds is 1. The molecule has 0 spiro atoms. The summed E-state index contributed by atoms with van der Waals surface area (Å²) in [5.74, 6) is 2.02. The second-order valence-corrected chi connectivity index (χ2v) is 8.06. The van der Waals surface area contributed by atoms with Crippen LogP contribution < -0.4 is 0 Å². The van der Waals surface area contributed by atoms with Crippen LogP contribution in [0.3, 0.4) is 0 Å². The molecule has 22 heavy (non-hydrogen) atoms. The molecular weight excluding hydrogens is 272 g/mol. The summed E-state index contributed by atoms with van der Waals surface area (Å²) in [5, 5.41) is 19.8. The molecule has 0 aliphatic heterocycles. The predicted octanol–water partition coefficient (Wildman–Crippen LogP) is 4.91. The van der Waals surface area contributed by atoms with Gasteiger partial charge in [0, 0.05) is 12.3 Å². The Bertz CT molecular complexity index is 538. The number of fused-ring (bicyclic) bond motifs is 1.